The van der Waals surface area contributed by atoms with Crippen LogP contribution in [-0.2, 0) is 0 Å². The summed E-state index contributed by atoms with van der Waals surface area (Å²) in [6.07, 6.45) is 0. The summed E-state index contributed by atoms with van der Waals surface area (Å²) in [5.74, 6) is 0. The minimum atomic E-state index is 1.16. The maximum atomic E-state index is 2.51. The molecule has 12 aromatic rings. The SMILES string of the molecule is Cc1ccccc1N(c1cc2ccccc2c2ccccc12)c1ccc2ccc3c(N(c4ccccc4C)c4cc5ccccc5c5ccccc45)ccc4ccc1c2c43. The predicted octanol–water partition coefficient (Wildman–Crippen LogP) is 16.8. The summed E-state index contributed by atoms with van der Waals surface area (Å²) in [6, 6.07) is 76.3. The number of para-hydroxylation sites is 2. The fourth-order valence-corrected chi connectivity index (χ4v) is 10.0. The fraction of sp³-hybridized carbons (Fsp3) is 0.0345. The third kappa shape index (κ3) is 5.14. The van der Waals surface area contributed by atoms with E-state index in [1.165, 1.54) is 109 Å². The maximum Gasteiger partial charge on any atom is 0.0546 e. The van der Waals surface area contributed by atoms with Crippen LogP contribution in [0.4, 0.5) is 34.1 Å². The van der Waals surface area contributed by atoms with E-state index in [0.717, 1.165) is 11.4 Å². The van der Waals surface area contributed by atoms with Crippen LogP contribution in [0.15, 0.2) is 206 Å². The van der Waals surface area contributed by atoms with Gasteiger partial charge < -0.3 is 9.80 Å². The van der Waals surface area contributed by atoms with Gasteiger partial charge in [0.1, 0.15) is 0 Å². The van der Waals surface area contributed by atoms with Crippen molar-refractivity contribution in [3.8, 4) is 0 Å². The molecule has 12 aromatic carbocycles. The Kier molecular flexibility index (Phi) is 7.70. The third-order valence-corrected chi connectivity index (χ3v) is 12.8. The number of benzene rings is 12. The van der Waals surface area contributed by atoms with E-state index >= 15 is 0 Å². The van der Waals surface area contributed by atoms with Gasteiger partial charge in [-0.2, -0.15) is 0 Å². The molecule has 2 nitrogen and oxygen atoms in total. The van der Waals surface area contributed by atoms with E-state index in [9.17, 15) is 0 Å². The van der Waals surface area contributed by atoms with E-state index in [4.69, 9.17) is 0 Å². The van der Waals surface area contributed by atoms with Crippen LogP contribution in [0.3, 0.4) is 0 Å². The molecule has 0 heterocycles. The molecule has 0 aromatic heterocycles. The summed E-state index contributed by atoms with van der Waals surface area (Å²) in [5.41, 5.74) is 9.44. The van der Waals surface area contributed by atoms with Gasteiger partial charge in [0.15, 0.2) is 0 Å². The van der Waals surface area contributed by atoms with Crippen molar-refractivity contribution in [3.05, 3.63) is 217 Å². The Morgan fingerprint density at radius 3 is 1.02 bits per heavy atom. The number of hydrogen-bond donors (Lipinski definition) is 0. The molecular weight excluding hydrogens is 725 g/mol. The molecule has 0 saturated carbocycles. The Morgan fingerprint density at radius 1 is 0.233 bits per heavy atom. The van der Waals surface area contributed by atoms with E-state index in [-0.39, 0.29) is 0 Å². The van der Waals surface area contributed by atoms with Gasteiger partial charge >= 0.3 is 0 Å². The Balaban J connectivity index is 1.17. The molecule has 0 radical (unpaired) electrons. The molecule has 0 unspecified atom stereocenters. The number of nitrogens with zero attached hydrogens (tertiary/aromatic N) is 2. The van der Waals surface area contributed by atoms with Crippen molar-refractivity contribution in [2.75, 3.05) is 9.80 Å². The normalized spacial score (nSPS) is 11.8. The summed E-state index contributed by atoms with van der Waals surface area (Å²) in [7, 11) is 0. The first-order valence-electron chi connectivity index (χ1n) is 20.9. The van der Waals surface area contributed by atoms with Crippen LogP contribution in [0.25, 0.3) is 75.4 Å². The highest BCUT2D eigenvalue weighted by molar-refractivity contribution is 6.29. The lowest BCUT2D eigenvalue weighted by atomic mass is 9.91. The number of fused-ring (bicyclic) bond motifs is 6. The molecule has 60 heavy (non-hydrogen) atoms. The van der Waals surface area contributed by atoms with Gasteiger partial charge in [0.05, 0.1) is 22.7 Å². The zero-order valence-corrected chi connectivity index (χ0v) is 33.5. The fourth-order valence-electron chi connectivity index (χ4n) is 10.0. The molecule has 0 aliphatic carbocycles. The summed E-state index contributed by atoms with van der Waals surface area (Å²) in [5, 5.41) is 17.4. The van der Waals surface area contributed by atoms with Gasteiger partial charge in [0.25, 0.3) is 0 Å². The number of rotatable bonds is 6. The molecule has 0 atom stereocenters. The lowest BCUT2D eigenvalue weighted by molar-refractivity contribution is 1.27. The zero-order valence-electron chi connectivity index (χ0n) is 33.5. The Hall–Kier alpha value is -7.68. The van der Waals surface area contributed by atoms with Gasteiger partial charge in [0.2, 0.25) is 0 Å². The van der Waals surface area contributed by atoms with Crippen molar-refractivity contribution in [2.45, 2.75) is 13.8 Å². The second-order valence-corrected chi connectivity index (χ2v) is 16.2. The molecule has 0 aliphatic rings. The van der Waals surface area contributed by atoms with Gasteiger partial charge in [-0.1, -0.05) is 170 Å². The molecule has 2 heteroatoms. The van der Waals surface area contributed by atoms with Crippen LogP contribution in [0.1, 0.15) is 11.1 Å². The molecular formula is C58H40N2. The first-order valence-corrected chi connectivity index (χ1v) is 20.9. The lowest BCUT2D eigenvalue weighted by Crippen LogP contribution is -2.13. The van der Waals surface area contributed by atoms with Crippen LogP contribution < -0.4 is 9.80 Å². The maximum absolute atomic E-state index is 2.51. The number of hydrogen-bond acceptors (Lipinski definition) is 2. The average molecular weight is 765 g/mol. The smallest absolute Gasteiger partial charge is 0.0546 e. The van der Waals surface area contributed by atoms with Gasteiger partial charge in [-0.15, -0.1) is 0 Å². The van der Waals surface area contributed by atoms with E-state index in [0.29, 0.717) is 0 Å². The van der Waals surface area contributed by atoms with Crippen LogP contribution in [0.2, 0.25) is 0 Å². The Bertz CT molecular complexity index is 3410. The molecule has 0 amide bonds. The molecule has 282 valence electrons. The Labute approximate surface area is 349 Å². The summed E-state index contributed by atoms with van der Waals surface area (Å²) in [4.78, 5) is 5.02. The van der Waals surface area contributed by atoms with Crippen molar-refractivity contribution in [1.82, 2.24) is 0 Å². The first kappa shape index (κ1) is 34.4. The predicted molar refractivity (Wildman–Crippen MR) is 259 cm³/mol. The largest absolute Gasteiger partial charge is 0.309 e. The van der Waals surface area contributed by atoms with Crippen molar-refractivity contribution < 1.29 is 0 Å². The topological polar surface area (TPSA) is 6.48 Å². The van der Waals surface area contributed by atoms with Gasteiger partial charge in [0, 0.05) is 32.9 Å². The standard InChI is InChI=1S/C58H40N2/c1-37-15-3-13-25-51(37)59(55-35-41-17-5-7-19-43(41)45-21-9-11-23-47(45)55)53-33-29-39-28-32-50-54(34-30-40-27-31-49(53)57(39)58(40)50)60(52-26-14-4-16-38(52)2)56-36-42-18-6-8-20-44(42)46-22-10-12-24-48(46)56/h3-36H,1-2H3. The summed E-state index contributed by atoms with van der Waals surface area (Å²) >= 11 is 0. The van der Waals surface area contributed by atoms with Gasteiger partial charge in [-0.25, -0.2) is 0 Å². The minimum Gasteiger partial charge on any atom is -0.309 e. The van der Waals surface area contributed by atoms with Crippen LogP contribution in [0, 0.1) is 13.8 Å². The first-order chi connectivity index (χ1) is 29.6. The highest BCUT2D eigenvalue weighted by atomic mass is 15.2. The highest BCUT2D eigenvalue weighted by Crippen LogP contribution is 2.51. The lowest BCUT2D eigenvalue weighted by Gasteiger charge is -2.31. The van der Waals surface area contributed by atoms with E-state index < -0.39 is 0 Å². The molecule has 0 aliphatic heterocycles. The summed E-state index contributed by atoms with van der Waals surface area (Å²) < 4.78 is 0. The van der Waals surface area contributed by atoms with Crippen molar-refractivity contribution in [2.24, 2.45) is 0 Å². The van der Waals surface area contributed by atoms with Crippen LogP contribution in [0.5, 0.6) is 0 Å². The molecule has 0 N–H and O–H groups in total. The molecule has 0 spiro atoms. The van der Waals surface area contributed by atoms with Crippen molar-refractivity contribution in [3.63, 3.8) is 0 Å². The number of anilines is 6. The summed E-state index contributed by atoms with van der Waals surface area (Å²) in [6.45, 7) is 4.45. The molecule has 0 saturated heterocycles. The highest BCUT2D eigenvalue weighted by Gasteiger charge is 2.25. The second kappa shape index (κ2) is 13.4. The Morgan fingerprint density at radius 2 is 0.583 bits per heavy atom. The van der Waals surface area contributed by atoms with Crippen molar-refractivity contribution in [1.29, 1.82) is 0 Å². The van der Waals surface area contributed by atoms with Crippen LogP contribution in [-0.4, -0.2) is 0 Å². The molecule has 0 fully saturated rings. The monoisotopic (exact) mass is 764 g/mol. The third-order valence-electron chi connectivity index (χ3n) is 12.8. The van der Waals surface area contributed by atoms with Crippen LogP contribution >= 0.6 is 0 Å². The van der Waals surface area contributed by atoms with Gasteiger partial charge in [-0.05, 0) is 115 Å². The van der Waals surface area contributed by atoms with E-state index in [1.54, 1.807) is 0 Å². The van der Waals surface area contributed by atoms with Crippen molar-refractivity contribution >= 4 is 110 Å². The minimum absolute atomic E-state index is 1.16. The quantitative estimate of drug-likeness (QED) is 0.156. The molecule has 12 rings (SSSR count). The van der Waals surface area contributed by atoms with E-state index in [1.807, 2.05) is 0 Å². The zero-order chi connectivity index (χ0) is 39.9. The van der Waals surface area contributed by atoms with Gasteiger partial charge in [-0.3, -0.25) is 0 Å². The molecule has 0 bridgehead atoms. The van der Waals surface area contributed by atoms with E-state index in [2.05, 4.69) is 230 Å². The average Bonchev–Trinajstić information content (AvgIpc) is 3.30. The second-order valence-electron chi connectivity index (χ2n) is 16.2. The number of aryl methyl sites for hydroxylation is 2.